The molecule has 20 heavy (non-hydrogen) atoms. The predicted molar refractivity (Wildman–Crippen MR) is 78.0 cm³/mol. The van der Waals surface area contributed by atoms with Gasteiger partial charge in [-0.25, -0.2) is 0 Å². The maximum absolute atomic E-state index is 12.5. The Kier molecular flexibility index (Phi) is 4.30. The molecule has 104 valence electrons. The summed E-state index contributed by atoms with van der Waals surface area (Å²) in [4.78, 5) is 22.4. The van der Waals surface area contributed by atoms with Crippen molar-refractivity contribution in [1.82, 2.24) is 14.9 Å². The zero-order chi connectivity index (χ0) is 14.5. The van der Waals surface area contributed by atoms with Crippen LogP contribution in [-0.4, -0.2) is 27.3 Å². The Morgan fingerprint density at radius 1 is 1.35 bits per heavy atom. The van der Waals surface area contributed by atoms with E-state index < -0.39 is 0 Å². The normalized spacial score (nSPS) is 10.3. The van der Waals surface area contributed by atoms with E-state index in [4.69, 9.17) is 5.73 Å². The van der Waals surface area contributed by atoms with Crippen molar-refractivity contribution in [1.29, 1.82) is 0 Å². The number of nitrogens with zero attached hydrogens (tertiary/aromatic N) is 3. The van der Waals surface area contributed by atoms with Crippen LogP contribution in [0.25, 0.3) is 0 Å². The van der Waals surface area contributed by atoms with Gasteiger partial charge in [0, 0.05) is 43.1 Å². The number of carbonyl (C=O) groups is 1. The number of nitrogen functional groups attached to an aromatic ring is 1. The molecule has 5 heteroatoms. The summed E-state index contributed by atoms with van der Waals surface area (Å²) in [6.45, 7) is 4.93. The van der Waals surface area contributed by atoms with Crippen LogP contribution < -0.4 is 5.73 Å². The van der Waals surface area contributed by atoms with E-state index in [1.165, 1.54) is 0 Å². The Balaban J connectivity index is 2.21. The summed E-state index contributed by atoms with van der Waals surface area (Å²) in [5, 5.41) is 0. The molecule has 0 aliphatic heterocycles. The van der Waals surface area contributed by atoms with Gasteiger partial charge in [-0.15, -0.1) is 0 Å². The predicted octanol–water partition coefficient (Wildman–Crippen LogP) is 2.03. The number of pyridine rings is 2. The minimum absolute atomic E-state index is 0.102. The van der Waals surface area contributed by atoms with Crippen LogP contribution in [0.1, 0.15) is 28.5 Å². The third kappa shape index (κ3) is 3.12. The molecular formula is C15H18N4O. The fourth-order valence-electron chi connectivity index (χ4n) is 1.97. The third-order valence-corrected chi connectivity index (χ3v) is 3.09. The number of amides is 1. The van der Waals surface area contributed by atoms with Gasteiger partial charge in [0.1, 0.15) is 0 Å². The Bertz CT molecular complexity index is 598. The molecule has 2 aromatic rings. The number of carbonyl (C=O) groups excluding carboxylic acids is 1. The first-order chi connectivity index (χ1) is 9.61. The van der Waals surface area contributed by atoms with E-state index in [1.54, 1.807) is 29.6 Å². The summed E-state index contributed by atoms with van der Waals surface area (Å²) in [5.41, 5.74) is 8.67. The lowest BCUT2D eigenvalue weighted by Crippen LogP contribution is -2.31. The van der Waals surface area contributed by atoms with Gasteiger partial charge in [0.15, 0.2) is 0 Å². The Hall–Kier alpha value is -2.43. The SMILES string of the molecule is CCN(Cc1ccncc1)C(=O)c1cnc(C)cc1N. The van der Waals surface area contributed by atoms with Crippen LogP contribution in [-0.2, 0) is 6.54 Å². The molecule has 0 unspecified atom stereocenters. The van der Waals surface area contributed by atoms with Crippen LogP contribution in [0.15, 0.2) is 36.8 Å². The summed E-state index contributed by atoms with van der Waals surface area (Å²) in [7, 11) is 0. The zero-order valence-corrected chi connectivity index (χ0v) is 11.7. The lowest BCUT2D eigenvalue weighted by atomic mass is 10.1. The van der Waals surface area contributed by atoms with E-state index in [9.17, 15) is 4.79 Å². The van der Waals surface area contributed by atoms with Gasteiger partial charge in [-0.3, -0.25) is 14.8 Å². The van der Waals surface area contributed by atoms with Crippen LogP contribution in [0.4, 0.5) is 5.69 Å². The second-order valence-electron chi connectivity index (χ2n) is 4.59. The maximum Gasteiger partial charge on any atom is 0.257 e. The van der Waals surface area contributed by atoms with Gasteiger partial charge in [-0.2, -0.15) is 0 Å². The summed E-state index contributed by atoms with van der Waals surface area (Å²) < 4.78 is 0. The third-order valence-electron chi connectivity index (χ3n) is 3.09. The zero-order valence-electron chi connectivity index (χ0n) is 11.7. The largest absolute Gasteiger partial charge is 0.398 e. The maximum atomic E-state index is 12.5. The molecule has 0 saturated heterocycles. The molecule has 1 amide bonds. The number of nitrogens with two attached hydrogens (primary N) is 1. The number of rotatable bonds is 4. The van der Waals surface area contributed by atoms with E-state index >= 15 is 0 Å². The van der Waals surface area contributed by atoms with Gasteiger partial charge in [0.2, 0.25) is 0 Å². The van der Waals surface area contributed by atoms with Gasteiger partial charge in [0.05, 0.1) is 5.56 Å². The van der Waals surface area contributed by atoms with Crippen LogP contribution in [0.5, 0.6) is 0 Å². The minimum atomic E-state index is -0.102. The lowest BCUT2D eigenvalue weighted by molar-refractivity contribution is 0.0753. The standard InChI is InChI=1S/C15H18N4O/c1-3-19(10-12-4-6-17-7-5-12)15(20)13-9-18-11(2)8-14(13)16/h4-9H,3,10H2,1-2H3,(H2,16,18). The molecule has 0 aliphatic carbocycles. The summed E-state index contributed by atoms with van der Waals surface area (Å²) in [5.74, 6) is -0.102. The first kappa shape index (κ1) is 14.0. The molecule has 0 aromatic carbocycles. The molecule has 0 fully saturated rings. The molecule has 5 nitrogen and oxygen atoms in total. The van der Waals surface area contributed by atoms with Crippen molar-refractivity contribution in [3.63, 3.8) is 0 Å². The molecule has 0 atom stereocenters. The minimum Gasteiger partial charge on any atom is -0.398 e. The van der Waals surface area contributed by atoms with Crippen molar-refractivity contribution in [2.45, 2.75) is 20.4 Å². The Labute approximate surface area is 118 Å². The topological polar surface area (TPSA) is 72.1 Å². The number of anilines is 1. The smallest absolute Gasteiger partial charge is 0.257 e. The average Bonchev–Trinajstić information content (AvgIpc) is 2.45. The van der Waals surface area contributed by atoms with Crippen molar-refractivity contribution in [2.24, 2.45) is 0 Å². The summed E-state index contributed by atoms with van der Waals surface area (Å²) >= 11 is 0. The van der Waals surface area contributed by atoms with Crippen molar-refractivity contribution in [3.05, 3.63) is 53.6 Å². The van der Waals surface area contributed by atoms with Crippen LogP contribution >= 0.6 is 0 Å². The van der Waals surface area contributed by atoms with E-state index in [0.717, 1.165) is 11.3 Å². The molecule has 0 aliphatic rings. The number of aryl methyl sites for hydroxylation is 1. The van der Waals surface area contributed by atoms with E-state index in [2.05, 4.69) is 9.97 Å². The number of hydrogen-bond donors (Lipinski definition) is 1. The summed E-state index contributed by atoms with van der Waals surface area (Å²) in [6.07, 6.45) is 4.98. The highest BCUT2D eigenvalue weighted by Gasteiger charge is 2.17. The fourth-order valence-corrected chi connectivity index (χ4v) is 1.97. The van der Waals surface area contributed by atoms with Crippen LogP contribution in [0.2, 0.25) is 0 Å². The Morgan fingerprint density at radius 2 is 2.05 bits per heavy atom. The highest BCUT2D eigenvalue weighted by atomic mass is 16.2. The average molecular weight is 270 g/mol. The first-order valence-electron chi connectivity index (χ1n) is 6.52. The van der Waals surface area contributed by atoms with Crippen LogP contribution in [0, 0.1) is 6.92 Å². The quantitative estimate of drug-likeness (QED) is 0.922. The molecule has 0 saturated carbocycles. The second-order valence-corrected chi connectivity index (χ2v) is 4.59. The van der Waals surface area contributed by atoms with Gasteiger partial charge >= 0.3 is 0 Å². The van der Waals surface area contributed by atoms with Gasteiger partial charge in [-0.1, -0.05) is 0 Å². The van der Waals surface area contributed by atoms with Crippen molar-refractivity contribution in [2.75, 3.05) is 12.3 Å². The van der Waals surface area contributed by atoms with E-state index in [0.29, 0.717) is 24.3 Å². The summed E-state index contributed by atoms with van der Waals surface area (Å²) in [6, 6.07) is 5.51. The lowest BCUT2D eigenvalue weighted by Gasteiger charge is -2.21. The van der Waals surface area contributed by atoms with Crippen LogP contribution in [0.3, 0.4) is 0 Å². The first-order valence-corrected chi connectivity index (χ1v) is 6.52. The number of aromatic nitrogens is 2. The van der Waals surface area contributed by atoms with E-state index in [1.807, 2.05) is 26.0 Å². The molecule has 0 bridgehead atoms. The molecule has 2 N–H and O–H groups in total. The second kappa shape index (κ2) is 6.14. The van der Waals surface area contributed by atoms with Gasteiger partial charge in [0.25, 0.3) is 5.91 Å². The van der Waals surface area contributed by atoms with Gasteiger partial charge in [-0.05, 0) is 37.6 Å². The van der Waals surface area contributed by atoms with Crippen molar-refractivity contribution in [3.8, 4) is 0 Å². The molecule has 2 rings (SSSR count). The molecule has 0 spiro atoms. The molecule has 2 heterocycles. The van der Waals surface area contributed by atoms with Crippen molar-refractivity contribution >= 4 is 11.6 Å². The molecule has 0 radical (unpaired) electrons. The van der Waals surface area contributed by atoms with E-state index in [-0.39, 0.29) is 5.91 Å². The number of hydrogen-bond acceptors (Lipinski definition) is 4. The highest BCUT2D eigenvalue weighted by Crippen LogP contribution is 2.15. The molecule has 2 aromatic heterocycles. The monoisotopic (exact) mass is 270 g/mol. The highest BCUT2D eigenvalue weighted by molar-refractivity contribution is 5.98. The molecular weight excluding hydrogens is 252 g/mol. The van der Waals surface area contributed by atoms with Gasteiger partial charge < -0.3 is 10.6 Å². The fraction of sp³-hybridized carbons (Fsp3) is 0.267. The Morgan fingerprint density at radius 3 is 2.65 bits per heavy atom. The van der Waals surface area contributed by atoms with Crippen molar-refractivity contribution < 1.29 is 4.79 Å².